The smallest absolute Gasteiger partial charge is 0.0561 e. The van der Waals surface area contributed by atoms with Crippen molar-refractivity contribution in [3.05, 3.63) is 164 Å². The standard InChI is InChI=1S/C42H27NS/c1-2-14-31(15-3-1)43(39-27-30-13-5-7-17-34(30)42-41(39)37-20-10-11-21-40(37)44-42)32-24-22-28(23-25-32)38-26-29-12-4-6-16-33(29)35-18-8-9-19-36(35)38/h1-27H. The Labute approximate surface area is 259 Å². The molecule has 0 spiro atoms. The molecule has 2 heteroatoms. The van der Waals surface area contributed by atoms with E-state index in [-0.39, 0.29) is 0 Å². The second kappa shape index (κ2) is 10.1. The van der Waals surface area contributed by atoms with Gasteiger partial charge in [0.15, 0.2) is 0 Å². The minimum absolute atomic E-state index is 1.14. The lowest BCUT2D eigenvalue weighted by molar-refractivity contribution is 1.30. The van der Waals surface area contributed by atoms with E-state index >= 15 is 0 Å². The molecule has 0 radical (unpaired) electrons. The highest BCUT2D eigenvalue weighted by Crippen LogP contribution is 2.48. The van der Waals surface area contributed by atoms with Gasteiger partial charge in [-0.3, -0.25) is 0 Å². The highest BCUT2D eigenvalue weighted by molar-refractivity contribution is 7.26. The van der Waals surface area contributed by atoms with Crippen LogP contribution in [0.25, 0.3) is 63.6 Å². The summed E-state index contributed by atoms with van der Waals surface area (Å²) >= 11 is 1.89. The van der Waals surface area contributed by atoms with E-state index < -0.39 is 0 Å². The van der Waals surface area contributed by atoms with Gasteiger partial charge in [-0.05, 0) is 85.9 Å². The normalized spacial score (nSPS) is 11.6. The fourth-order valence-electron chi connectivity index (χ4n) is 6.80. The zero-order chi connectivity index (χ0) is 29.0. The van der Waals surface area contributed by atoms with Gasteiger partial charge in [0, 0.05) is 31.5 Å². The van der Waals surface area contributed by atoms with Crippen molar-refractivity contribution >= 4 is 80.9 Å². The number of rotatable bonds is 4. The highest BCUT2D eigenvalue weighted by Gasteiger charge is 2.20. The van der Waals surface area contributed by atoms with Gasteiger partial charge in [0.1, 0.15) is 0 Å². The molecule has 206 valence electrons. The third-order valence-electron chi connectivity index (χ3n) is 8.81. The van der Waals surface area contributed by atoms with Crippen molar-refractivity contribution in [2.45, 2.75) is 0 Å². The van der Waals surface area contributed by atoms with Gasteiger partial charge in [-0.15, -0.1) is 11.3 Å². The summed E-state index contributed by atoms with van der Waals surface area (Å²) in [5.41, 5.74) is 5.95. The first-order valence-corrected chi connectivity index (χ1v) is 15.8. The van der Waals surface area contributed by atoms with Crippen LogP contribution in [0.5, 0.6) is 0 Å². The average Bonchev–Trinajstić information content (AvgIpc) is 3.49. The van der Waals surface area contributed by atoms with Gasteiger partial charge in [0.05, 0.1) is 5.69 Å². The van der Waals surface area contributed by atoms with Crippen LogP contribution in [0.15, 0.2) is 164 Å². The maximum atomic E-state index is 2.43. The summed E-state index contributed by atoms with van der Waals surface area (Å²) in [5.74, 6) is 0. The summed E-state index contributed by atoms with van der Waals surface area (Å²) in [5, 5.41) is 10.3. The van der Waals surface area contributed by atoms with Gasteiger partial charge in [-0.2, -0.15) is 0 Å². The van der Waals surface area contributed by atoms with Crippen molar-refractivity contribution in [1.29, 1.82) is 0 Å². The largest absolute Gasteiger partial charge is 0.310 e. The molecule has 9 aromatic rings. The molecular formula is C42H27NS. The lowest BCUT2D eigenvalue weighted by Crippen LogP contribution is -2.10. The molecule has 44 heavy (non-hydrogen) atoms. The molecule has 0 unspecified atom stereocenters. The number of para-hydroxylation sites is 1. The van der Waals surface area contributed by atoms with Crippen LogP contribution in [0.3, 0.4) is 0 Å². The van der Waals surface area contributed by atoms with Gasteiger partial charge >= 0.3 is 0 Å². The van der Waals surface area contributed by atoms with Crippen molar-refractivity contribution < 1.29 is 0 Å². The van der Waals surface area contributed by atoms with Crippen molar-refractivity contribution in [2.24, 2.45) is 0 Å². The van der Waals surface area contributed by atoms with E-state index in [1.807, 2.05) is 11.3 Å². The van der Waals surface area contributed by atoms with Gasteiger partial charge < -0.3 is 4.90 Å². The molecule has 0 fully saturated rings. The lowest BCUT2D eigenvalue weighted by atomic mass is 9.93. The summed E-state index contributed by atoms with van der Waals surface area (Å²) in [7, 11) is 0. The van der Waals surface area contributed by atoms with Gasteiger partial charge in [0.25, 0.3) is 0 Å². The number of thiophene rings is 1. The Bertz CT molecular complexity index is 2490. The van der Waals surface area contributed by atoms with Crippen LogP contribution in [0.1, 0.15) is 0 Å². The van der Waals surface area contributed by atoms with Crippen LogP contribution in [0.4, 0.5) is 17.1 Å². The predicted molar refractivity (Wildman–Crippen MR) is 192 cm³/mol. The van der Waals surface area contributed by atoms with Crippen LogP contribution in [-0.4, -0.2) is 0 Å². The number of anilines is 3. The van der Waals surface area contributed by atoms with E-state index in [4.69, 9.17) is 0 Å². The molecule has 0 N–H and O–H groups in total. The Hall–Kier alpha value is -5.44. The van der Waals surface area contributed by atoms with Crippen LogP contribution in [0, 0.1) is 0 Å². The van der Waals surface area contributed by atoms with Crippen molar-refractivity contribution in [2.75, 3.05) is 4.90 Å². The molecule has 0 aliphatic heterocycles. The monoisotopic (exact) mass is 577 g/mol. The SMILES string of the molecule is c1ccc(N(c2ccc(-c3cc4ccccc4c4ccccc34)cc2)c2cc3ccccc3c3sc4ccccc4c23)cc1. The zero-order valence-corrected chi connectivity index (χ0v) is 24.8. The Morgan fingerprint density at radius 1 is 0.409 bits per heavy atom. The number of fused-ring (bicyclic) bond motifs is 8. The molecule has 0 aliphatic rings. The molecule has 1 heterocycles. The van der Waals surface area contributed by atoms with Crippen molar-refractivity contribution in [1.82, 2.24) is 0 Å². The topological polar surface area (TPSA) is 3.24 Å². The number of nitrogens with zero attached hydrogens (tertiary/aromatic N) is 1. The predicted octanol–water partition coefficient (Wildman–Crippen LogP) is 12.7. The summed E-state index contributed by atoms with van der Waals surface area (Å²) < 4.78 is 2.64. The molecule has 0 atom stereocenters. The minimum atomic E-state index is 1.14. The van der Waals surface area contributed by atoms with Gasteiger partial charge in [-0.25, -0.2) is 0 Å². The summed E-state index contributed by atoms with van der Waals surface area (Å²) in [6, 6.07) is 59.6. The number of hydrogen-bond donors (Lipinski definition) is 0. The third-order valence-corrected chi connectivity index (χ3v) is 10.0. The summed E-state index contributed by atoms with van der Waals surface area (Å²) in [6.45, 7) is 0. The maximum absolute atomic E-state index is 2.43. The summed E-state index contributed by atoms with van der Waals surface area (Å²) in [4.78, 5) is 2.43. The van der Waals surface area contributed by atoms with Crippen molar-refractivity contribution in [3.63, 3.8) is 0 Å². The Morgan fingerprint density at radius 3 is 1.75 bits per heavy atom. The highest BCUT2D eigenvalue weighted by atomic mass is 32.1. The molecule has 1 nitrogen and oxygen atoms in total. The van der Waals surface area contributed by atoms with E-state index in [0.717, 1.165) is 11.4 Å². The molecule has 1 aromatic heterocycles. The van der Waals surface area contributed by atoms with Crippen LogP contribution >= 0.6 is 11.3 Å². The third kappa shape index (κ3) is 3.92. The second-order valence-electron chi connectivity index (χ2n) is 11.3. The molecule has 0 aliphatic carbocycles. The molecule has 0 saturated heterocycles. The van der Waals surface area contributed by atoms with Crippen molar-refractivity contribution in [3.8, 4) is 11.1 Å². The molecule has 0 amide bonds. The molecule has 9 rings (SSSR count). The molecule has 0 bridgehead atoms. The van der Waals surface area contributed by atoms with E-state index in [0.29, 0.717) is 0 Å². The Kier molecular flexibility index (Phi) is 5.75. The molecule has 0 saturated carbocycles. The fourth-order valence-corrected chi connectivity index (χ4v) is 8.06. The average molecular weight is 578 g/mol. The Morgan fingerprint density at radius 2 is 0.977 bits per heavy atom. The Balaban J connectivity index is 1.28. The minimum Gasteiger partial charge on any atom is -0.310 e. The first kappa shape index (κ1) is 25.1. The van der Waals surface area contributed by atoms with Crippen LogP contribution in [0.2, 0.25) is 0 Å². The first-order chi connectivity index (χ1) is 21.8. The molecular weight excluding hydrogens is 551 g/mol. The maximum Gasteiger partial charge on any atom is 0.0561 e. The van der Waals surface area contributed by atoms with Gasteiger partial charge in [0.2, 0.25) is 0 Å². The number of benzene rings is 8. The molecule has 8 aromatic carbocycles. The van der Waals surface area contributed by atoms with Crippen LogP contribution in [-0.2, 0) is 0 Å². The quantitative estimate of drug-likeness (QED) is 0.188. The van der Waals surface area contributed by atoms with Gasteiger partial charge in [-0.1, -0.05) is 121 Å². The van der Waals surface area contributed by atoms with E-state index in [1.165, 1.54) is 69.3 Å². The zero-order valence-electron chi connectivity index (χ0n) is 23.9. The second-order valence-corrected chi connectivity index (χ2v) is 12.4. The van der Waals surface area contributed by atoms with E-state index in [2.05, 4.69) is 169 Å². The van der Waals surface area contributed by atoms with E-state index in [9.17, 15) is 0 Å². The fraction of sp³-hybridized carbons (Fsp3) is 0. The number of hydrogen-bond acceptors (Lipinski definition) is 2. The summed E-state index contributed by atoms with van der Waals surface area (Å²) in [6.07, 6.45) is 0. The van der Waals surface area contributed by atoms with E-state index in [1.54, 1.807) is 0 Å². The first-order valence-electron chi connectivity index (χ1n) is 15.0. The lowest BCUT2D eigenvalue weighted by Gasteiger charge is -2.27. The van der Waals surface area contributed by atoms with Crippen LogP contribution < -0.4 is 4.90 Å².